The van der Waals surface area contributed by atoms with E-state index in [4.69, 9.17) is 9.47 Å². The summed E-state index contributed by atoms with van der Waals surface area (Å²) in [5.41, 5.74) is 2.41. The Labute approximate surface area is 153 Å². The Kier molecular flexibility index (Phi) is 11.7. The van der Waals surface area contributed by atoms with Gasteiger partial charge in [-0.2, -0.15) is 0 Å². The molecule has 0 bridgehead atoms. The minimum atomic E-state index is 0.246. The molecule has 2 N–H and O–H groups in total. The van der Waals surface area contributed by atoms with Crippen LogP contribution in [0.25, 0.3) is 0 Å². The van der Waals surface area contributed by atoms with Gasteiger partial charge < -0.3 is 20.1 Å². The molecule has 142 valence electrons. The number of guanidine groups is 1. The van der Waals surface area contributed by atoms with Gasteiger partial charge in [0, 0.05) is 33.4 Å². The number of nitrogens with zero attached hydrogens (tertiary/aromatic N) is 1. The van der Waals surface area contributed by atoms with E-state index in [1.807, 2.05) is 0 Å². The Morgan fingerprint density at radius 1 is 1.12 bits per heavy atom. The monoisotopic (exact) mass is 349 g/mol. The van der Waals surface area contributed by atoms with Crippen molar-refractivity contribution in [1.29, 1.82) is 0 Å². The van der Waals surface area contributed by atoms with E-state index in [-0.39, 0.29) is 6.10 Å². The summed E-state index contributed by atoms with van der Waals surface area (Å²) in [5, 5.41) is 6.67. The van der Waals surface area contributed by atoms with Crippen LogP contribution < -0.4 is 10.6 Å². The number of nitrogens with one attached hydrogen (secondary N) is 2. The van der Waals surface area contributed by atoms with Crippen LogP contribution in [-0.4, -0.2) is 38.9 Å². The highest BCUT2D eigenvalue weighted by Gasteiger charge is 2.01. The van der Waals surface area contributed by atoms with Crippen molar-refractivity contribution >= 4 is 5.96 Å². The molecular weight excluding hydrogens is 314 g/mol. The highest BCUT2D eigenvalue weighted by atomic mass is 16.5. The van der Waals surface area contributed by atoms with Gasteiger partial charge in [-0.3, -0.25) is 4.99 Å². The molecule has 0 saturated carbocycles. The van der Waals surface area contributed by atoms with E-state index < -0.39 is 0 Å². The standard InChI is InChI=1S/C20H35N3O2/c1-5-6-12-24-13-8-11-22-20(21-4)23-15-18-9-7-10-19(14-18)16-25-17(2)3/h7,9-10,14,17H,5-6,8,11-13,15-16H2,1-4H3,(H2,21,22,23). The summed E-state index contributed by atoms with van der Waals surface area (Å²) in [5.74, 6) is 0.817. The zero-order valence-corrected chi connectivity index (χ0v) is 16.3. The van der Waals surface area contributed by atoms with E-state index >= 15 is 0 Å². The highest BCUT2D eigenvalue weighted by molar-refractivity contribution is 5.79. The smallest absolute Gasteiger partial charge is 0.191 e. The van der Waals surface area contributed by atoms with Gasteiger partial charge in [-0.25, -0.2) is 0 Å². The third-order valence-corrected chi connectivity index (χ3v) is 3.66. The van der Waals surface area contributed by atoms with Crippen molar-refractivity contribution in [1.82, 2.24) is 10.6 Å². The molecule has 0 aliphatic rings. The van der Waals surface area contributed by atoms with Crippen molar-refractivity contribution < 1.29 is 9.47 Å². The van der Waals surface area contributed by atoms with Crippen molar-refractivity contribution in [2.24, 2.45) is 4.99 Å². The Balaban J connectivity index is 2.26. The van der Waals surface area contributed by atoms with Gasteiger partial charge in [-0.1, -0.05) is 37.6 Å². The molecule has 5 nitrogen and oxygen atoms in total. The normalized spacial score (nSPS) is 11.8. The Hall–Kier alpha value is -1.59. The number of benzene rings is 1. The minimum Gasteiger partial charge on any atom is -0.381 e. The Morgan fingerprint density at radius 3 is 2.60 bits per heavy atom. The highest BCUT2D eigenvalue weighted by Crippen LogP contribution is 2.07. The molecule has 0 aliphatic heterocycles. The molecule has 0 saturated heterocycles. The first-order valence-corrected chi connectivity index (χ1v) is 9.37. The number of hydrogen-bond acceptors (Lipinski definition) is 3. The number of rotatable bonds is 12. The fourth-order valence-corrected chi connectivity index (χ4v) is 2.23. The third kappa shape index (κ3) is 10.8. The molecule has 0 aliphatic carbocycles. The van der Waals surface area contributed by atoms with E-state index in [1.165, 1.54) is 17.5 Å². The van der Waals surface area contributed by atoms with E-state index in [1.54, 1.807) is 7.05 Å². The fourth-order valence-electron chi connectivity index (χ4n) is 2.23. The molecular formula is C20H35N3O2. The second-order valence-corrected chi connectivity index (χ2v) is 6.35. The van der Waals surface area contributed by atoms with Gasteiger partial charge in [0.05, 0.1) is 12.7 Å². The van der Waals surface area contributed by atoms with Gasteiger partial charge in [0.1, 0.15) is 0 Å². The maximum Gasteiger partial charge on any atom is 0.191 e. The van der Waals surface area contributed by atoms with Crippen molar-refractivity contribution in [3.63, 3.8) is 0 Å². The predicted octanol–water partition coefficient (Wildman–Crippen LogP) is 3.48. The van der Waals surface area contributed by atoms with Gasteiger partial charge in [0.25, 0.3) is 0 Å². The van der Waals surface area contributed by atoms with Crippen molar-refractivity contribution in [3.8, 4) is 0 Å². The van der Waals surface area contributed by atoms with Crippen molar-refractivity contribution in [2.45, 2.75) is 59.3 Å². The summed E-state index contributed by atoms with van der Waals surface area (Å²) in [4.78, 5) is 4.26. The summed E-state index contributed by atoms with van der Waals surface area (Å²) in [7, 11) is 1.79. The molecule has 0 radical (unpaired) electrons. The summed E-state index contributed by atoms with van der Waals surface area (Å²) < 4.78 is 11.2. The fraction of sp³-hybridized carbons (Fsp3) is 0.650. The van der Waals surface area contributed by atoms with Crippen LogP contribution in [0.3, 0.4) is 0 Å². The summed E-state index contributed by atoms with van der Waals surface area (Å²) >= 11 is 0. The van der Waals surface area contributed by atoms with Crippen LogP contribution in [0.2, 0.25) is 0 Å². The third-order valence-electron chi connectivity index (χ3n) is 3.66. The lowest BCUT2D eigenvalue weighted by atomic mass is 10.1. The lowest BCUT2D eigenvalue weighted by molar-refractivity contribution is 0.0657. The summed E-state index contributed by atoms with van der Waals surface area (Å²) in [6.45, 7) is 10.2. The van der Waals surface area contributed by atoms with Crippen LogP contribution in [0.1, 0.15) is 51.2 Å². The van der Waals surface area contributed by atoms with Gasteiger partial charge in [0.2, 0.25) is 0 Å². The average molecular weight is 350 g/mol. The van der Waals surface area contributed by atoms with E-state index in [0.29, 0.717) is 6.61 Å². The number of aliphatic imine (C=N–C) groups is 1. The second kappa shape index (κ2) is 13.7. The average Bonchev–Trinajstić information content (AvgIpc) is 2.62. The van der Waals surface area contributed by atoms with Crippen molar-refractivity contribution in [3.05, 3.63) is 35.4 Å². The molecule has 1 aromatic carbocycles. The van der Waals surface area contributed by atoms with Crippen LogP contribution in [-0.2, 0) is 22.6 Å². The first kappa shape index (κ1) is 21.5. The summed E-state index contributed by atoms with van der Waals surface area (Å²) in [6, 6.07) is 8.45. The van der Waals surface area contributed by atoms with Crippen LogP contribution in [0.15, 0.2) is 29.3 Å². The number of ether oxygens (including phenoxy) is 2. The second-order valence-electron chi connectivity index (χ2n) is 6.35. The van der Waals surface area contributed by atoms with E-state index in [0.717, 1.165) is 45.1 Å². The van der Waals surface area contributed by atoms with Crippen LogP contribution in [0.5, 0.6) is 0 Å². The van der Waals surface area contributed by atoms with Crippen molar-refractivity contribution in [2.75, 3.05) is 26.8 Å². The molecule has 5 heteroatoms. The van der Waals surface area contributed by atoms with E-state index in [9.17, 15) is 0 Å². The van der Waals surface area contributed by atoms with Crippen LogP contribution in [0.4, 0.5) is 0 Å². The maximum absolute atomic E-state index is 5.66. The molecule has 0 atom stereocenters. The quantitative estimate of drug-likeness (QED) is 0.345. The lowest BCUT2D eigenvalue weighted by Crippen LogP contribution is -2.37. The topological polar surface area (TPSA) is 54.9 Å². The largest absolute Gasteiger partial charge is 0.381 e. The molecule has 0 aromatic heterocycles. The molecule has 25 heavy (non-hydrogen) atoms. The molecule has 0 heterocycles. The predicted molar refractivity (Wildman–Crippen MR) is 105 cm³/mol. The Morgan fingerprint density at radius 2 is 1.88 bits per heavy atom. The Bertz CT molecular complexity index is 490. The summed E-state index contributed by atoms with van der Waals surface area (Å²) in [6.07, 6.45) is 3.54. The maximum atomic E-state index is 5.66. The first-order valence-electron chi connectivity index (χ1n) is 9.37. The van der Waals surface area contributed by atoms with Gasteiger partial charge in [-0.15, -0.1) is 0 Å². The van der Waals surface area contributed by atoms with Gasteiger partial charge in [0.15, 0.2) is 5.96 Å². The van der Waals surface area contributed by atoms with Crippen LogP contribution in [0, 0.1) is 0 Å². The zero-order chi connectivity index (χ0) is 18.3. The molecule has 0 amide bonds. The molecule has 0 fully saturated rings. The molecule has 1 rings (SSSR count). The van der Waals surface area contributed by atoms with Gasteiger partial charge in [-0.05, 0) is 37.8 Å². The van der Waals surface area contributed by atoms with Gasteiger partial charge >= 0.3 is 0 Å². The van der Waals surface area contributed by atoms with Crippen LogP contribution >= 0.6 is 0 Å². The zero-order valence-electron chi connectivity index (χ0n) is 16.3. The first-order chi connectivity index (χ1) is 12.2. The van der Waals surface area contributed by atoms with E-state index in [2.05, 4.69) is 60.7 Å². The number of hydrogen-bond donors (Lipinski definition) is 2. The molecule has 0 spiro atoms. The minimum absolute atomic E-state index is 0.246. The lowest BCUT2D eigenvalue weighted by Gasteiger charge is -2.13. The SMILES string of the molecule is CCCCOCCCNC(=NC)NCc1cccc(COC(C)C)c1. The molecule has 0 unspecified atom stereocenters. The number of unbranched alkanes of at least 4 members (excludes halogenated alkanes) is 1. The molecule has 1 aromatic rings.